The Balaban J connectivity index is 1.19. The lowest BCUT2D eigenvalue weighted by Gasteiger charge is -2.46. The van der Waals surface area contributed by atoms with Crippen molar-refractivity contribution >= 4 is 58.3 Å². The van der Waals surface area contributed by atoms with Gasteiger partial charge in [0.1, 0.15) is 0 Å². The van der Waals surface area contributed by atoms with Crippen molar-refractivity contribution in [2.45, 2.75) is 86.1 Å². The molecule has 4 aliphatic heterocycles. The number of carbonyl (C=O) groups excluding carboxylic acids is 2. The predicted octanol–water partition coefficient (Wildman–Crippen LogP) is 5.21. The SMILES string of the molecule is COC[C@@H]1[C@@H](c2ccc(Cl)c(Cl)c2)C[C@@H]2CC[C@@]1(OC(=O)C(O)C(O)C(=O)O[C@@]13CC[C@@H](C[C@H](c4ccc(Cl)c(Cl)c4)[C@H]1COC)N3)N2. The molecule has 2 aromatic carbocycles. The molecule has 4 fully saturated rings. The number of piperidine rings is 2. The number of hydrogen-bond donors (Lipinski definition) is 4. The largest absolute Gasteiger partial charge is 0.441 e. The molecule has 10 nitrogen and oxygen atoms in total. The summed E-state index contributed by atoms with van der Waals surface area (Å²) in [7, 11) is 3.12. The molecular weight excluding hydrogens is 706 g/mol. The van der Waals surface area contributed by atoms with E-state index in [1.807, 2.05) is 12.1 Å². The molecule has 0 radical (unpaired) electrons. The maximum absolute atomic E-state index is 13.5. The summed E-state index contributed by atoms with van der Waals surface area (Å²) in [6.07, 6.45) is -0.604. The lowest BCUT2D eigenvalue weighted by molar-refractivity contribution is -0.205. The summed E-state index contributed by atoms with van der Waals surface area (Å²) >= 11 is 25.1. The average molecular weight is 747 g/mol. The second-order valence-electron chi connectivity index (χ2n) is 13.4. The second-order valence-corrected chi connectivity index (χ2v) is 15.1. The summed E-state index contributed by atoms with van der Waals surface area (Å²) in [6, 6.07) is 10.9. The Hall–Kier alpha value is -1.70. The number of halogens is 4. The van der Waals surface area contributed by atoms with Crippen LogP contribution in [0.2, 0.25) is 20.1 Å². The molecule has 262 valence electrons. The van der Waals surface area contributed by atoms with E-state index in [-0.39, 0.29) is 49.0 Å². The van der Waals surface area contributed by atoms with E-state index >= 15 is 0 Å². The number of nitrogens with one attached hydrogen (secondary N) is 2. The molecule has 0 aliphatic carbocycles. The van der Waals surface area contributed by atoms with Gasteiger partial charge in [-0.05, 0) is 72.9 Å². The number of hydrogen-bond acceptors (Lipinski definition) is 10. The minimum absolute atomic E-state index is 0.0189. The third kappa shape index (κ3) is 6.83. The van der Waals surface area contributed by atoms with Gasteiger partial charge < -0.3 is 29.2 Å². The molecule has 4 saturated heterocycles. The van der Waals surface area contributed by atoms with E-state index in [4.69, 9.17) is 65.4 Å². The van der Waals surface area contributed by atoms with E-state index < -0.39 is 35.6 Å². The fourth-order valence-electron chi connectivity index (χ4n) is 8.42. The third-order valence-electron chi connectivity index (χ3n) is 10.7. The molecule has 2 unspecified atom stereocenters. The van der Waals surface area contributed by atoms with Crippen LogP contribution in [0.3, 0.4) is 0 Å². The van der Waals surface area contributed by atoms with Gasteiger partial charge in [0.15, 0.2) is 23.7 Å². The quantitative estimate of drug-likeness (QED) is 0.227. The molecule has 0 spiro atoms. The highest BCUT2D eigenvalue weighted by molar-refractivity contribution is 6.42. The van der Waals surface area contributed by atoms with E-state index in [1.165, 1.54) is 0 Å². The van der Waals surface area contributed by atoms with Crippen molar-refractivity contribution in [1.82, 2.24) is 10.6 Å². The van der Waals surface area contributed by atoms with Crippen molar-refractivity contribution in [3.8, 4) is 0 Å². The van der Waals surface area contributed by atoms with Crippen molar-refractivity contribution in [3.05, 3.63) is 67.6 Å². The number of ether oxygens (including phenoxy) is 4. The van der Waals surface area contributed by atoms with Crippen molar-refractivity contribution in [3.63, 3.8) is 0 Å². The lowest BCUT2D eigenvalue weighted by Crippen LogP contribution is -2.62. The van der Waals surface area contributed by atoms with E-state index in [0.29, 0.717) is 45.8 Å². The van der Waals surface area contributed by atoms with Crippen LogP contribution < -0.4 is 10.6 Å². The van der Waals surface area contributed by atoms with Crippen LogP contribution >= 0.6 is 46.4 Å². The van der Waals surface area contributed by atoms with Gasteiger partial charge >= 0.3 is 11.9 Å². The van der Waals surface area contributed by atoms with Crippen molar-refractivity contribution in [2.75, 3.05) is 27.4 Å². The third-order valence-corrected chi connectivity index (χ3v) is 12.1. The monoisotopic (exact) mass is 744 g/mol. The number of methoxy groups -OCH3 is 2. The van der Waals surface area contributed by atoms with E-state index in [0.717, 1.165) is 24.0 Å². The number of carbonyl (C=O) groups is 2. The molecule has 4 bridgehead atoms. The predicted molar refractivity (Wildman–Crippen MR) is 180 cm³/mol. The molecular formula is C34H40Cl4N2O8. The molecule has 4 aliphatic rings. The van der Waals surface area contributed by atoms with E-state index in [2.05, 4.69) is 10.6 Å². The van der Waals surface area contributed by atoms with Crippen LogP contribution in [0.1, 0.15) is 61.5 Å². The Morgan fingerprint density at radius 1 is 0.729 bits per heavy atom. The first-order chi connectivity index (χ1) is 22.9. The number of benzene rings is 2. The first-order valence-corrected chi connectivity index (χ1v) is 17.7. The van der Waals surface area contributed by atoms with Crippen LogP contribution in [0.15, 0.2) is 36.4 Å². The highest BCUT2D eigenvalue weighted by Gasteiger charge is 2.58. The van der Waals surface area contributed by atoms with Crippen LogP contribution in [0, 0.1) is 11.8 Å². The highest BCUT2D eigenvalue weighted by atomic mass is 35.5. The molecule has 0 amide bonds. The standard InChI is InChI=1S/C34H40Cl4N2O8/c1-45-15-23-21(17-3-5-25(35)27(37)11-17)13-19-7-9-33(23,39-19)47-31(43)29(41)30(42)32(44)48-34-10-8-20(40-34)14-22(24(34)16-46-2)18-4-6-26(36)28(38)12-18/h3-6,11-12,19-24,29-30,39-42H,7-10,13-16H2,1-2H3/t19-,20-,21+,22+,23+,24+,29?,30?,33-,34-/m0/s1. The molecule has 4 heterocycles. The number of rotatable bonds is 11. The van der Waals surface area contributed by atoms with Crippen LogP contribution in [0.5, 0.6) is 0 Å². The summed E-state index contributed by atoms with van der Waals surface area (Å²) in [6.45, 7) is 0.462. The lowest BCUT2D eigenvalue weighted by atomic mass is 9.75. The molecule has 0 saturated carbocycles. The summed E-state index contributed by atoms with van der Waals surface area (Å²) < 4.78 is 23.2. The average Bonchev–Trinajstić information content (AvgIpc) is 3.59. The van der Waals surface area contributed by atoms with Gasteiger partial charge in [-0.2, -0.15) is 0 Å². The minimum Gasteiger partial charge on any atom is -0.441 e. The zero-order chi connectivity index (χ0) is 34.4. The van der Waals surface area contributed by atoms with Crippen molar-refractivity contribution < 1.29 is 38.7 Å². The number of esters is 2. The maximum atomic E-state index is 13.5. The topological polar surface area (TPSA) is 136 Å². The Morgan fingerprint density at radius 2 is 1.12 bits per heavy atom. The van der Waals surface area contributed by atoms with E-state index in [9.17, 15) is 19.8 Å². The zero-order valence-corrected chi connectivity index (χ0v) is 29.6. The van der Waals surface area contributed by atoms with E-state index in [1.54, 1.807) is 38.5 Å². The summed E-state index contributed by atoms with van der Waals surface area (Å²) in [5, 5.41) is 30.6. The fourth-order valence-corrected chi connectivity index (χ4v) is 9.03. The van der Waals surface area contributed by atoms with Crippen LogP contribution in [0.4, 0.5) is 0 Å². The van der Waals surface area contributed by atoms with Crippen LogP contribution in [-0.4, -0.2) is 85.3 Å². The van der Waals surface area contributed by atoms with Gasteiger partial charge in [0.05, 0.1) is 33.3 Å². The second kappa shape index (κ2) is 14.5. The molecule has 6 rings (SSSR count). The summed E-state index contributed by atoms with van der Waals surface area (Å²) in [5.74, 6) is -3.25. The van der Waals surface area contributed by atoms with Gasteiger partial charge in [-0.3, -0.25) is 10.6 Å². The van der Waals surface area contributed by atoms with Crippen molar-refractivity contribution in [2.24, 2.45) is 11.8 Å². The Kier molecular flexibility index (Phi) is 10.9. The van der Waals surface area contributed by atoms with Gasteiger partial charge in [-0.15, -0.1) is 0 Å². The first-order valence-electron chi connectivity index (χ1n) is 16.1. The maximum Gasteiger partial charge on any atom is 0.340 e. The van der Waals surface area contributed by atoms with Gasteiger partial charge in [-0.1, -0.05) is 58.5 Å². The van der Waals surface area contributed by atoms with Gasteiger partial charge in [0.2, 0.25) is 0 Å². The smallest absolute Gasteiger partial charge is 0.340 e. The Bertz CT molecular complexity index is 1420. The molecule has 48 heavy (non-hydrogen) atoms. The Labute approximate surface area is 299 Å². The van der Waals surface area contributed by atoms with Crippen LogP contribution in [-0.2, 0) is 28.5 Å². The van der Waals surface area contributed by atoms with Crippen molar-refractivity contribution in [1.29, 1.82) is 0 Å². The summed E-state index contributed by atoms with van der Waals surface area (Å²) in [4.78, 5) is 27.1. The Morgan fingerprint density at radius 3 is 1.48 bits per heavy atom. The molecule has 0 aromatic heterocycles. The van der Waals surface area contributed by atoms with Gasteiger partial charge in [-0.25, -0.2) is 9.59 Å². The van der Waals surface area contributed by atoms with Gasteiger partial charge in [0.25, 0.3) is 0 Å². The molecule has 10 atom stereocenters. The highest BCUT2D eigenvalue weighted by Crippen LogP contribution is 2.51. The molecule has 2 aromatic rings. The number of aliphatic hydroxyl groups is 2. The number of fused-ring (bicyclic) bond motifs is 4. The number of aliphatic hydroxyl groups excluding tert-OH is 2. The zero-order valence-electron chi connectivity index (χ0n) is 26.6. The summed E-state index contributed by atoms with van der Waals surface area (Å²) in [5.41, 5.74) is -0.584. The minimum atomic E-state index is -2.20. The van der Waals surface area contributed by atoms with Crippen LogP contribution in [0.25, 0.3) is 0 Å². The van der Waals surface area contributed by atoms with Gasteiger partial charge in [0, 0.05) is 51.0 Å². The normalized spacial score (nSPS) is 33.7. The first kappa shape index (κ1) is 36.1. The molecule has 4 N–H and O–H groups in total. The fraction of sp³-hybridized carbons (Fsp3) is 0.588. The molecule has 14 heteroatoms.